The minimum absolute atomic E-state index is 0. The van der Waals surface area contributed by atoms with Gasteiger partial charge in [-0.1, -0.05) is 0 Å². The van der Waals surface area contributed by atoms with Crippen LogP contribution in [0.2, 0.25) is 0 Å². The van der Waals surface area contributed by atoms with Gasteiger partial charge in [0.2, 0.25) is 0 Å². The summed E-state index contributed by atoms with van der Waals surface area (Å²) in [5, 5.41) is 0. The molecule has 0 aliphatic heterocycles. The van der Waals surface area contributed by atoms with Crippen molar-refractivity contribution in [3.63, 3.8) is 0 Å². The zero-order chi connectivity index (χ0) is 0. The fraction of sp³-hybridized carbons (Fsp3) is 0. The van der Waals surface area contributed by atoms with Gasteiger partial charge in [0.1, 0.15) is 0 Å². The van der Waals surface area contributed by atoms with E-state index in [4.69, 9.17) is 0 Å². The Labute approximate surface area is 43.4 Å². The van der Waals surface area contributed by atoms with E-state index < -0.39 is 0 Å². The zero-order valence-electron chi connectivity index (χ0n) is 2.12. The van der Waals surface area contributed by atoms with Crippen molar-refractivity contribution >= 4 is 12.4 Å². The number of hydrogen-bond donors (Lipinski definition) is 0. The molecule has 0 aromatic heterocycles. The van der Waals surface area contributed by atoms with E-state index in [1.165, 1.54) is 0 Å². The largest absolute Gasteiger partial charge is 0.412 e. The monoisotopic (exact) mass is 136 g/mol. The number of rotatable bonds is 0. The van der Waals surface area contributed by atoms with Gasteiger partial charge in [-0.05, 0) is 0 Å². The van der Waals surface area contributed by atoms with Crippen molar-refractivity contribution in [1.82, 2.24) is 0 Å². The Morgan fingerprint density at radius 2 is 0.750 bits per heavy atom. The first-order valence-corrected chi connectivity index (χ1v) is 0. The SMILES string of the molecule is Cl.O.O.[Zn]. The third-order valence-corrected chi connectivity index (χ3v) is 0. The maximum absolute atomic E-state index is 0. The van der Waals surface area contributed by atoms with Gasteiger partial charge in [0.15, 0.2) is 0 Å². The first kappa shape index (κ1) is 102. The molecule has 4 heteroatoms. The first-order valence-electron chi connectivity index (χ1n) is 0. The van der Waals surface area contributed by atoms with Crippen LogP contribution in [-0.4, -0.2) is 11.0 Å². The van der Waals surface area contributed by atoms with E-state index in [9.17, 15) is 0 Å². The van der Waals surface area contributed by atoms with Crippen LogP contribution in [0.4, 0.5) is 0 Å². The molecule has 0 saturated heterocycles. The van der Waals surface area contributed by atoms with Gasteiger partial charge in [-0.15, -0.1) is 12.4 Å². The van der Waals surface area contributed by atoms with Crippen molar-refractivity contribution in [2.75, 3.05) is 0 Å². The molecule has 0 atom stereocenters. The Bertz CT molecular complexity index is 6.00. The average Bonchev–Trinajstić information content (AvgIpc) is 0. The van der Waals surface area contributed by atoms with E-state index in [0.717, 1.165) is 0 Å². The van der Waals surface area contributed by atoms with Gasteiger partial charge in [-0.2, -0.15) is 0 Å². The predicted molar refractivity (Wildman–Crippen MR) is 14.5 cm³/mol. The predicted octanol–water partition coefficient (Wildman–Crippen LogP) is -1.23. The van der Waals surface area contributed by atoms with Gasteiger partial charge in [-0.3, -0.25) is 0 Å². The minimum atomic E-state index is 0. The number of halogens is 1. The van der Waals surface area contributed by atoms with Gasteiger partial charge in [0.05, 0.1) is 0 Å². The van der Waals surface area contributed by atoms with Crippen molar-refractivity contribution in [1.29, 1.82) is 0 Å². The molecule has 0 amide bonds. The second-order valence-electron chi connectivity index (χ2n) is 0. The molecule has 0 fully saturated rings. The molecule has 0 aromatic carbocycles. The Balaban J connectivity index is 0. The molecule has 0 aromatic rings. The Morgan fingerprint density at radius 1 is 0.750 bits per heavy atom. The van der Waals surface area contributed by atoms with Crippen LogP contribution in [0.1, 0.15) is 0 Å². The van der Waals surface area contributed by atoms with Crippen LogP contribution in [0.3, 0.4) is 0 Å². The van der Waals surface area contributed by atoms with Crippen molar-refractivity contribution in [3.05, 3.63) is 0 Å². The van der Waals surface area contributed by atoms with E-state index >= 15 is 0 Å². The molecular weight excluding hydrogens is 133 g/mol. The summed E-state index contributed by atoms with van der Waals surface area (Å²) in [5.41, 5.74) is 0. The van der Waals surface area contributed by atoms with Gasteiger partial charge in [0.25, 0.3) is 0 Å². The van der Waals surface area contributed by atoms with E-state index in [0.29, 0.717) is 0 Å². The van der Waals surface area contributed by atoms with Crippen molar-refractivity contribution in [3.8, 4) is 0 Å². The van der Waals surface area contributed by atoms with Crippen LogP contribution in [0.5, 0.6) is 0 Å². The molecule has 0 heterocycles. The molecule has 0 aliphatic rings. The Kier molecular flexibility index (Phi) is 1130. The third-order valence-electron chi connectivity index (χ3n) is 0. The van der Waals surface area contributed by atoms with E-state index in [1.807, 2.05) is 0 Å². The third kappa shape index (κ3) is 13.7. The fourth-order valence-electron chi connectivity index (χ4n) is 0. The topological polar surface area (TPSA) is 63.0 Å². The van der Waals surface area contributed by atoms with Crippen molar-refractivity contribution in [2.24, 2.45) is 0 Å². The van der Waals surface area contributed by atoms with E-state index in [2.05, 4.69) is 0 Å². The molecule has 0 unspecified atom stereocenters. The Morgan fingerprint density at radius 3 is 0.750 bits per heavy atom. The summed E-state index contributed by atoms with van der Waals surface area (Å²) in [6.07, 6.45) is 0. The zero-order valence-corrected chi connectivity index (χ0v) is 5.90. The molecule has 0 saturated carbocycles. The summed E-state index contributed by atoms with van der Waals surface area (Å²) in [6.45, 7) is 0. The van der Waals surface area contributed by atoms with Crippen LogP contribution in [-0.2, 0) is 19.5 Å². The van der Waals surface area contributed by atoms with Crippen LogP contribution in [0.15, 0.2) is 0 Å². The molecule has 0 bridgehead atoms. The maximum atomic E-state index is 0. The van der Waals surface area contributed by atoms with Crippen LogP contribution < -0.4 is 0 Å². The summed E-state index contributed by atoms with van der Waals surface area (Å²) < 4.78 is 0. The second-order valence-corrected chi connectivity index (χ2v) is 0. The standard InChI is InChI=1S/ClH.2H2O.Zn/h1H;2*1H2;. The molecule has 0 radical (unpaired) electrons. The maximum Gasteiger partial charge on any atom is 0 e. The first-order chi connectivity index (χ1) is 0. The fourth-order valence-corrected chi connectivity index (χ4v) is 0. The molecule has 0 aliphatic carbocycles. The molecular formula is H5ClO2Zn. The molecule has 2 nitrogen and oxygen atoms in total. The molecule has 4 heavy (non-hydrogen) atoms. The van der Waals surface area contributed by atoms with E-state index in [-0.39, 0.29) is 42.8 Å². The van der Waals surface area contributed by atoms with Crippen LogP contribution in [0, 0.1) is 0 Å². The van der Waals surface area contributed by atoms with Gasteiger partial charge >= 0.3 is 0 Å². The number of hydrogen-bond acceptors (Lipinski definition) is 0. The molecule has 0 rings (SSSR count). The molecule has 4 N–H and O–H groups in total. The average molecular weight is 138 g/mol. The van der Waals surface area contributed by atoms with E-state index in [1.54, 1.807) is 0 Å². The molecule has 26 valence electrons. The van der Waals surface area contributed by atoms with Crippen molar-refractivity contribution in [2.45, 2.75) is 0 Å². The quantitative estimate of drug-likeness (QED) is 0.376. The summed E-state index contributed by atoms with van der Waals surface area (Å²) in [5.74, 6) is 0. The van der Waals surface area contributed by atoms with Gasteiger partial charge in [-0.25, -0.2) is 0 Å². The summed E-state index contributed by atoms with van der Waals surface area (Å²) in [4.78, 5) is 0. The van der Waals surface area contributed by atoms with Crippen LogP contribution >= 0.6 is 12.4 Å². The smallest absolute Gasteiger partial charge is 0 e. The molecule has 0 spiro atoms. The van der Waals surface area contributed by atoms with Crippen LogP contribution in [0.25, 0.3) is 0 Å². The summed E-state index contributed by atoms with van der Waals surface area (Å²) >= 11 is 0. The Hall–Kier alpha value is 0.833. The second kappa shape index (κ2) is 44.3. The normalized spacial score (nSPS) is 0. The van der Waals surface area contributed by atoms with Gasteiger partial charge in [0, 0.05) is 19.5 Å². The minimum Gasteiger partial charge on any atom is -0.412 e. The summed E-state index contributed by atoms with van der Waals surface area (Å²) in [7, 11) is 0. The van der Waals surface area contributed by atoms with Gasteiger partial charge < -0.3 is 11.0 Å². The van der Waals surface area contributed by atoms with Crippen molar-refractivity contribution < 1.29 is 30.4 Å². The summed E-state index contributed by atoms with van der Waals surface area (Å²) in [6, 6.07) is 0.